The van der Waals surface area contributed by atoms with E-state index in [2.05, 4.69) is 30.1 Å². The SMILES string of the molecule is Cc1cc(C)c(CC(=O)N2C[C@@H]3C[C@H]2CN3)s1. The number of thiophene rings is 1. The van der Waals surface area contributed by atoms with Crippen LogP contribution in [0.15, 0.2) is 6.07 Å². The zero-order valence-electron chi connectivity index (χ0n) is 10.3. The van der Waals surface area contributed by atoms with E-state index >= 15 is 0 Å². The Morgan fingerprint density at radius 3 is 2.94 bits per heavy atom. The first-order valence-corrected chi connectivity index (χ1v) is 7.04. The molecular formula is C13H18N2OS. The van der Waals surface area contributed by atoms with E-state index < -0.39 is 0 Å². The Morgan fingerprint density at radius 2 is 2.41 bits per heavy atom. The Hall–Kier alpha value is -0.870. The van der Waals surface area contributed by atoms with Crippen LogP contribution in [-0.4, -0.2) is 36.0 Å². The zero-order valence-corrected chi connectivity index (χ0v) is 11.1. The summed E-state index contributed by atoms with van der Waals surface area (Å²) >= 11 is 1.76. The summed E-state index contributed by atoms with van der Waals surface area (Å²) in [6, 6.07) is 3.18. The number of piperazine rings is 1. The summed E-state index contributed by atoms with van der Waals surface area (Å²) < 4.78 is 0. The van der Waals surface area contributed by atoms with Crippen molar-refractivity contribution in [2.45, 2.75) is 38.8 Å². The summed E-state index contributed by atoms with van der Waals surface area (Å²) in [4.78, 5) is 16.9. The largest absolute Gasteiger partial charge is 0.337 e. The molecule has 0 saturated carbocycles. The number of fused-ring (bicyclic) bond motifs is 2. The van der Waals surface area contributed by atoms with E-state index in [0.29, 0.717) is 24.4 Å². The minimum Gasteiger partial charge on any atom is -0.337 e. The van der Waals surface area contributed by atoms with Crippen molar-refractivity contribution < 1.29 is 4.79 Å². The van der Waals surface area contributed by atoms with Crippen molar-refractivity contribution in [2.24, 2.45) is 0 Å². The Labute approximate surface area is 106 Å². The molecule has 0 radical (unpaired) electrons. The molecule has 0 aliphatic carbocycles. The van der Waals surface area contributed by atoms with Gasteiger partial charge in [0.15, 0.2) is 0 Å². The topological polar surface area (TPSA) is 32.3 Å². The summed E-state index contributed by atoms with van der Waals surface area (Å²) in [7, 11) is 0. The molecule has 3 heterocycles. The fraction of sp³-hybridized carbons (Fsp3) is 0.615. The van der Waals surface area contributed by atoms with Crippen LogP contribution in [0.1, 0.15) is 21.7 Å². The second-order valence-electron chi connectivity index (χ2n) is 5.18. The van der Waals surface area contributed by atoms with Crippen LogP contribution >= 0.6 is 11.3 Å². The van der Waals surface area contributed by atoms with Gasteiger partial charge in [0.1, 0.15) is 0 Å². The molecule has 0 unspecified atom stereocenters. The standard InChI is InChI=1S/C13H18N2OS/c1-8-3-9(2)17-12(8)5-13(16)15-7-10-4-11(15)6-14-10/h3,10-11,14H,4-7H2,1-2H3/t10-,11-/m0/s1. The Morgan fingerprint density at radius 1 is 1.59 bits per heavy atom. The molecule has 1 N–H and O–H groups in total. The summed E-state index contributed by atoms with van der Waals surface area (Å²) in [5.41, 5.74) is 1.27. The lowest BCUT2D eigenvalue weighted by Crippen LogP contribution is -2.47. The number of carbonyl (C=O) groups excluding carboxylic acids is 1. The molecule has 1 amide bonds. The van der Waals surface area contributed by atoms with Gasteiger partial charge in [-0.3, -0.25) is 4.79 Å². The highest BCUT2D eigenvalue weighted by Gasteiger charge is 2.39. The fourth-order valence-electron chi connectivity index (χ4n) is 2.97. The van der Waals surface area contributed by atoms with Gasteiger partial charge in [-0.1, -0.05) is 0 Å². The zero-order chi connectivity index (χ0) is 12.0. The van der Waals surface area contributed by atoms with Crippen LogP contribution in [0.25, 0.3) is 0 Å². The Kier molecular flexibility index (Phi) is 2.71. The molecule has 3 rings (SSSR count). The predicted molar refractivity (Wildman–Crippen MR) is 69.4 cm³/mol. The lowest BCUT2D eigenvalue weighted by atomic mass is 10.2. The first-order chi connectivity index (χ1) is 8.13. The number of nitrogens with zero attached hydrogens (tertiary/aromatic N) is 1. The van der Waals surface area contributed by atoms with Crippen molar-refractivity contribution >= 4 is 17.2 Å². The Bertz CT molecular complexity index is 454. The number of rotatable bonds is 2. The van der Waals surface area contributed by atoms with Crippen LogP contribution in [0.5, 0.6) is 0 Å². The molecule has 0 spiro atoms. The molecule has 1 aromatic rings. The minimum atomic E-state index is 0.309. The Balaban J connectivity index is 1.69. The third-order valence-electron chi connectivity index (χ3n) is 3.83. The van der Waals surface area contributed by atoms with Crippen LogP contribution in [0.3, 0.4) is 0 Å². The lowest BCUT2D eigenvalue weighted by Gasteiger charge is -2.27. The number of hydrogen-bond acceptors (Lipinski definition) is 3. The fourth-order valence-corrected chi connectivity index (χ4v) is 4.01. The third-order valence-corrected chi connectivity index (χ3v) is 4.99. The molecule has 92 valence electrons. The maximum Gasteiger partial charge on any atom is 0.228 e. The molecule has 3 nitrogen and oxygen atoms in total. The molecule has 2 saturated heterocycles. The molecule has 1 aromatic heterocycles. The summed E-state index contributed by atoms with van der Waals surface area (Å²) in [6.45, 7) is 6.10. The third kappa shape index (κ3) is 2.00. The van der Waals surface area contributed by atoms with E-state index in [1.54, 1.807) is 11.3 Å². The van der Waals surface area contributed by atoms with Gasteiger partial charge in [0.25, 0.3) is 0 Å². The number of amides is 1. The number of carbonyl (C=O) groups is 1. The summed E-state index contributed by atoms with van der Waals surface area (Å²) in [5, 5.41) is 3.43. The van der Waals surface area contributed by atoms with E-state index in [0.717, 1.165) is 19.5 Å². The number of hydrogen-bond donors (Lipinski definition) is 1. The second kappa shape index (κ2) is 4.10. The smallest absolute Gasteiger partial charge is 0.228 e. The van der Waals surface area contributed by atoms with Crippen molar-refractivity contribution in [2.75, 3.05) is 13.1 Å². The highest BCUT2D eigenvalue weighted by molar-refractivity contribution is 7.12. The molecule has 2 fully saturated rings. The van der Waals surface area contributed by atoms with Crippen LogP contribution in [0, 0.1) is 13.8 Å². The van der Waals surface area contributed by atoms with E-state index in [4.69, 9.17) is 0 Å². The number of likely N-dealkylation sites (tertiary alicyclic amines) is 1. The highest BCUT2D eigenvalue weighted by atomic mass is 32.1. The lowest BCUT2D eigenvalue weighted by molar-refractivity contribution is -0.131. The molecule has 0 aromatic carbocycles. The minimum absolute atomic E-state index is 0.309. The second-order valence-corrected chi connectivity index (χ2v) is 6.52. The first kappa shape index (κ1) is 11.2. The van der Waals surface area contributed by atoms with E-state index in [-0.39, 0.29) is 0 Å². The van der Waals surface area contributed by atoms with E-state index in [1.165, 1.54) is 15.3 Å². The van der Waals surface area contributed by atoms with Gasteiger partial charge < -0.3 is 10.2 Å². The van der Waals surface area contributed by atoms with Crippen LogP contribution in [0.4, 0.5) is 0 Å². The van der Waals surface area contributed by atoms with Gasteiger partial charge in [-0.05, 0) is 31.9 Å². The monoisotopic (exact) mass is 250 g/mol. The summed E-state index contributed by atoms with van der Waals surface area (Å²) in [6.07, 6.45) is 1.74. The maximum absolute atomic E-state index is 12.3. The normalized spacial score (nSPS) is 26.8. The van der Waals surface area contributed by atoms with Gasteiger partial charge in [-0.15, -0.1) is 11.3 Å². The average Bonchev–Trinajstić information content (AvgIpc) is 2.94. The van der Waals surface area contributed by atoms with Crippen molar-refractivity contribution in [1.29, 1.82) is 0 Å². The maximum atomic E-state index is 12.3. The average molecular weight is 250 g/mol. The van der Waals surface area contributed by atoms with Gasteiger partial charge in [0.05, 0.1) is 6.42 Å². The van der Waals surface area contributed by atoms with Gasteiger partial charge in [-0.25, -0.2) is 0 Å². The van der Waals surface area contributed by atoms with E-state index in [1.807, 2.05) is 0 Å². The van der Waals surface area contributed by atoms with Crippen molar-refractivity contribution in [3.8, 4) is 0 Å². The first-order valence-electron chi connectivity index (χ1n) is 6.22. The molecule has 2 aliphatic rings. The highest BCUT2D eigenvalue weighted by Crippen LogP contribution is 2.26. The van der Waals surface area contributed by atoms with Crippen LogP contribution in [0.2, 0.25) is 0 Å². The number of aryl methyl sites for hydroxylation is 2. The van der Waals surface area contributed by atoms with Gasteiger partial charge in [0.2, 0.25) is 5.91 Å². The van der Waals surface area contributed by atoms with Crippen molar-refractivity contribution in [1.82, 2.24) is 10.2 Å². The van der Waals surface area contributed by atoms with Crippen molar-refractivity contribution in [3.63, 3.8) is 0 Å². The van der Waals surface area contributed by atoms with Crippen molar-refractivity contribution in [3.05, 3.63) is 21.4 Å². The molecule has 2 atom stereocenters. The molecule has 2 bridgehead atoms. The van der Waals surface area contributed by atoms with Gasteiger partial charge in [-0.2, -0.15) is 0 Å². The number of nitrogens with one attached hydrogen (secondary N) is 1. The molecular weight excluding hydrogens is 232 g/mol. The predicted octanol–water partition coefficient (Wildman–Crippen LogP) is 1.48. The molecule has 4 heteroatoms. The van der Waals surface area contributed by atoms with Crippen LogP contribution < -0.4 is 5.32 Å². The van der Waals surface area contributed by atoms with Gasteiger partial charge in [0, 0.05) is 34.9 Å². The quantitative estimate of drug-likeness (QED) is 0.862. The van der Waals surface area contributed by atoms with Gasteiger partial charge >= 0.3 is 0 Å². The molecule has 17 heavy (non-hydrogen) atoms. The molecule has 2 aliphatic heterocycles. The van der Waals surface area contributed by atoms with E-state index in [9.17, 15) is 4.79 Å². The van der Waals surface area contributed by atoms with Crippen LogP contribution in [-0.2, 0) is 11.2 Å². The summed E-state index contributed by atoms with van der Waals surface area (Å²) in [5.74, 6) is 0.309.